The van der Waals surface area contributed by atoms with Crippen molar-refractivity contribution in [1.29, 1.82) is 0 Å². The van der Waals surface area contributed by atoms with E-state index in [-0.39, 0.29) is 12.7 Å². The van der Waals surface area contributed by atoms with Crippen LogP contribution < -0.4 is 0 Å². The molecular formula is C19H18Cl4O3Ru. The van der Waals surface area contributed by atoms with E-state index >= 15 is 0 Å². The van der Waals surface area contributed by atoms with E-state index in [9.17, 15) is 4.79 Å². The molecule has 8 heteroatoms. The van der Waals surface area contributed by atoms with Crippen LogP contribution in [0.25, 0.3) is 0 Å². The van der Waals surface area contributed by atoms with Gasteiger partial charge in [0, 0.05) is 0 Å². The Morgan fingerprint density at radius 3 is 2.44 bits per heavy atom. The van der Waals surface area contributed by atoms with E-state index in [4.69, 9.17) is 47.3 Å². The van der Waals surface area contributed by atoms with Crippen molar-refractivity contribution >= 4 is 53.2 Å². The van der Waals surface area contributed by atoms with Crippen LogP contribution in [0, 0.1) is 7.11 Å². The summed E-state index contributed by atoms with van der Waals surface area (Å²) < 4.78 is 9.90. The van der Waals surface area contributed by atoms with Gasteiger partial charge in [0.1, 0.15) is 0 Å². The van der Waals surface area contributed by atoms with Gasteiger partial charge in [-0.15, -0.1) is 0 Å². The van der Waals surface area contributed by atoms with Gasteiger partial charge in [-0.3, -0.25) is 0 Å². The van der Waals surface area contributed by atoms with Gasteiger partial charge in [-0.1, -0.05) is 0 Å². The number of halogens is 4. The maximum atomic E-state index is 12.6. The van der Waals surface area contributed by atoms with E-state index < -0.39 is 19.5 Å². The van der Waals surface area contributed by atoms with E-state index in [0.29, 0.717) is 21.2 Å². The van der Waals surface area contributed by atoms with Crippen LogP contribution in [0.5, 0.6) is 5.75 Å². The van der Waals surface area contributed by atoms with Gasteiger partial charge in [0.15, 0.2) is 0 Å². The van der Waals surface area contributed by atoms with E-state index in [2.05, 4.69) is 11.5 Å². The van der Waals surface area contributed by atoms with Crippen molar-refractivity contribution in [1.82, 2.24) is 0 Å². The summed E-state index contributed by atoms with van der Waals surface area (Å²) in [5, 5.41) is 1.03. The van der Waals surface area contributed by atoms with E-state index in [1.54, 1.807) is 34.9 Å². The molecule has 0 amide bonds. The average molecular weight is 537 g/mol. The van der Waals surface area contributed by atoms with E-state index in [1.165, 1.54) is 0 Å². The van der Waals surface area contributed by atoms with Gasteiger partial charge in [0.05, 0.1) is 0 Å². The number of benzene rings is 2. The molecular weight excluding hydrogens is 519 g/mol. The fourth-order valence-corrected chi connectivity index (χ4v) is 4.46. The van der Waals surface area contributed by atoms with Gasteiger partial charge in [-0.05, 0) is 0 Å². The van der Waals surface area contributed by atoms with Crippen molar-refractivity contribution in [3.05, 3.63) is 70.2 Å². The molecule has 0 aliphatic heterocycles. The Bertz CT molecular complexity index is 864. The molecule has 2 aromatic rings. The first-order valence-corrected chi connectivity index (χ1v) is 14.0. The molecule has 0 fully saturated rings. The zero-order chi connectivity index (χ0) is 20.1. The number of rotatable bonds is 6. The Hall–Kier alpha value is -0.637. The van der Waals surface area contributed by atoms with Crippen LogP contribution in [-0.4, -0.2) is 16.7 Å². The molecule has 0 bridgehead atoms. The first kappa shape index (κ1) is 22.7. The number of hydrogen-bond acceptors (Lipinski definition) is 2. The molecule has 3 nitrogen and oxygen atoms in total. The van der Waals surface area contributed by atoms with Crippen LogP contribution in [0.4, 0.5) is 0 Å². The second kappa shape index (κ2) is 10.2. The van der Waals surface area contributed by atoms with Crippen molar-refractivity contribution < 1.29 is 27.4 Å². The summed E-state index contributed by atoms with van der Waals surface area (Å²) in [4.78, 5) is 12.6. The average Bonchev–Trinajstić information content (AvgIpc) is 2.58. The molecule has 0 spiro atoms. The number of carbonyl (C=O) groups is 1. The van der Waals surface area contributed by atoms with Crippen molar-refractivity contribution in [3.8, 4) is 5.75 Å². The Morgan fingerprint density at radius 2 is 1.81 bits per heavy atom. The molecule has 0 N–H and O–H groups in total. The van der Waals surface area contributed by atoms with Crippen molar-refractivity contribution in [2.45, 2.75) is 26.6 Å². The topological polar surface area (TPSA) is 29.0 Å². The standard InChI is InChI=1S/C19H18Cl2O3.2ClH.Ru/c1-12(2)24(4)18-8-6-16(21)10-14(18)11-23-19(22)17-7-5-15(20)9-13(17)3;;;/h3,5-10,12H,4,11H2,1-2H3;2*1H;/q;;;+2/p-2. The van der Waals surface area contributed by atoms with Crippen molar-refractivity contribution in [2.24, 2.45) is 0 Å². The zero-order valence-corrected chi connectivity index (χ0v) is 19.4. The molecule has 0 radical (unpaired) electrons. The molecule has 27 heavy (non-hydrogen) atoms. The molecule has 2 aromatic carbocycles. The van der Waals surface area contributed by atoms with Crippen LogP contribution in [0.3, 0.4) is 0 Å². The number of carbonyl (C=O) groups excluding carboxylic acids is 1. The SMILES string of the molecule is [CH2-][O+](c1ccc(Cl)cc1COC(=O)c1ccc(Cl)cc1[CH]=[Ru]([Cl])[Cl])C(C)C. The second-order valence-electron chi connectivity index (χ2n) is 5.84. The molecule has 0 aliphatic carbocycles. The van der Waals surface area contributed by atoms with Gasteiger partial charge in [0.25, 0.3) is 0 Å². The van der Waals surface area contributed by atoms with Gasteiger partial charge < -0.3 is 0 Å². The number of hydrogen-bond donors (Lipinski definition) is 0. The summed E-state index contributed by atoms with van der Waals surface area (Å²) in [6.07, 6.45) is 0.0904. The molecule has 0 aliphatic rings. The van der Waals surface area contributed by atoms with Crippen LogP contribution in [0.1, 0.15) is 35.3 Å². The normalized spacial score (nSPS) is 11.3. The molecule has 0 unspecified atom stereocenters. The Kier molecular flexibility index (Phi) is 8.58. The third kappa shape index (κ3) is 6.44. The fraction of sp³-hybridized carbons (Fsp3) is 0.211. The van der Waals surface area contributed by atoms with Crippen LogP contribution in [0.15, 0.2) is 36.4 Å². The first-order valence-electron chi connectivity index (χ1n) is 7.80. The summed E-state index contributed by atoms with van der Waals surface area (Å²) in [5.74, 6) is 0.261. The Labute approximate surface area is 182 Å². The zero-order valence-electron chi connectivity index (χ0n) is 14.6. The Balaban J connectivity index is 2.27. The number of esters is 1. The predicted molar refractivity (Wildman–Crippen MR) is 110 cm³/mol. The molecule has 0 heterocycles. The van der Waals surface area contributed by atoms with Crippen molar-refractivity contribution in [2.75, 3.05) is 0 Å². The number of ether oxygens (including phenoxy) is 1. The molecule has 2 rings (SSSR count). The van der Waals surface area contributed by atoms with Gasteiger partial charge in [0.2, 0.25) is 0 Å². The predicted octanol–water partition coefficient (Wildman–Crippen LogP) is 6.89. The van der Waals surface area contributed by atoms with Crippen LogP contribution >= 0.6 is 42.6 Å². The summed E-state index contributed by atoms with van der Waals surface area (Å²) >= 11 is 9.98. The molecule has 0 aromatic heterocycles. The van der Waals surface area contributed by atoms with Gasteiger partial charge >= 0.3 is 183 Å². The molecule has 0 saturated carbocycles. The second-order valence-corrected chi connectivity index (χ2v) is 12.4. The summed E-state index contributed by atoms with van der Waals surface area (Å²) in [6.45, 7) is 4.00. The first-order chi connectivity index (χ1) is 12.7. The molecule has 0 atom stereocenters. The molecule has 148 valence electrons. The quantitative estimate of drug-likeness (QED) is 0.174. The van der Waals surface area contributed by atoms with Gasteiger partial charge in [-0.25, -0.2) is 0 Å². The Morgan fingerprint density at radius 1 is 1.19 bits per heavy atom. The van der Waals surface area contributed by atoms with Gasteiger partial charge in [-0.2, -0.15) is 0 Å². The third-order valence-corrected chi connectivity index (χ3v) is 5.96. The van der Waals surface area contributed by atoms with E-state index in [1.807, 2.05) is 19.9 Å². The summed E-state index contributed by atoms with van der Waals surface area (Å²) in [5.41, 5.74) is 1.65. The molecule has 0 saturated heterocycles. The van der Waals surface area contributed by atoms with Crippen molar-refractivity contribution in [3.63, 3.8) is 0 Å². The summed E-state index contributed by atoms with van der Waals surface area (Å²) in [7, 11) is 15.9. The minimum atomic E-state index is -2.13. The van der Waals surface area contributed by atoms with Crippen LogP contribution in [0.2, 0.25) is 10.0 Å². The maximum absolute atomic E-state index is 12.6. The van der Waals surface area contributed by atoms with E-state index in [0.717, 1.165) is 11.3 Å². The van der Waals surface area contributed by atoms with Crippen LogP contribution in [-0.2, 0) is 29.2 Å². The third-order valence-electron chi connectivity index (χ3n) is 3.65. The monoisotopic (exact) mass is 536 g/mol. The minimum absolute atomic E-state index is 0.0332. The fourth-order valence-electron chi connectivity index (χ4n) is 2.28. The summed E-state index contributed by atoms with van der Waals surface area (Å²) in [6, 6.07) is 10.2.